The maximum absolute atomic E-state index is 5.55. The number of morpholine rings is 1. The second-order valence-electron chi connectivity index (χ2n) is 9.71. The summed E-state index contributed by atoms with van der Waals surface area (Å²) in [6.45, 7) is 13.4. The molecule has 3 aromatic heterocycles. The molecule has 2 aliphatic heterocycles. The van der Waals surface area contributed by atoms with Gasteiger partial charge in [0.05, 0.1) is 36.2 Å². The fourth-order valence-electron chi connectivity index (χ4n) is 5.38. The zero-order valence-corrected chi connectivity index (χ0v) is 20.5. The molecule has 33 heavy (non-hydrogen) atoms. The Kier molecular flexibility index (Phi) is 6.38. The van der Waals surface area contributed by atoms with Gasteiger partial charge in [-0.15, -0.1) is 0 Å². The van der Waals surface area contributed by atoms with Gasteiger partial charge in [0.2, 0.25) is 0 Å². The molecule has 0 bridgehead atoms. The van der Waals surface area contributed by atoms with E-state index in [2.05, 4.69) is 51.4 Å². The predicted octanol–water partition coefficient (Wildman–Crippen LogP) is 3.24. The Labute approximate surface area is 196 Å². The molecule has 1 saturated heterocycles. The molecule has 5 heterocycles. The van der Waals surface area contributed by atoms with E-state index < -0.39 is 0 Å². The molecule has 0 amide bonds. The highest BCUT2D eigenvalue weighted by Gasteiger charge is 2.25. The van der Waals surface area contributed by atoms with Crippen LogP contribution in [0.4, 0.5) is 5.69 Å². The van der Waals surface area contributed by atoms with E-state index in [1.165, 1.54) is 48.4 Å². The first-order valence-electron chi connectivity index (χ1n) is 12.4. The van der Waals surface area contributed by atoms with E-state index in [9.17, 15) is 0 Å². The second kappa shape index (κ2) is 9.43. The molecule has 0 N–H and O–H groups in total. The van der Waals surface area contributed by atoms with Gasteiger partial charge in [0, 0.05) is 62.6 Å². The van der Waals surface area contributed by atoms with E-state index in [1.807, 2.05) is 17.9 Å². The van der Waals surface area contributed by atoms with Gasteiger partial charge in [-0.2, -0.15) is 10.2 Å². The molecule has 2 aliphatic rings. The first-order chi connectivity index (χ1) is 16.0. The minimum Gasteiger partial charge on any atom is -0.379 e. The fraction of sp³-hybridized carbons (Fsp3) is 0.640. The van der Waals surface area contributed by atoms with Crippen LogP contribution in [0.3, 0.4) is 0 Å². The van der Waals surface area contributed by atoms with Crippen LogP contribution in [-0.2, 0) is 31.3 Å². The average molecular weight is 452 g/mol. The number of ether oxygens (including phenoxy) is 1. The number of nitrogens with zero attached hydrogens (tertiary/aromatic N) is 7. The van der Waals surface area contributed by atoms with Gasteiger partial charge >= 0.3 is 0 Å². The van der Waals surface area contributed by atoms with Crippen molar-refractivity contribution in [3.05, 3.63) is 34.9 Å². The molecule has 1 fully saturated rings. The van der Waals surface area contributed by atoms with Crippen molar-refractivity contribution in [3.63, 3.8) is 0 Å². The van der Waals surface area contributed by atoms with Crippen molar-refractivity contribution in [2.75, 3.05) is 37.7 Å². The van der Waals surface area contributed by atoms with Gasteiger partial charge in [-0.3, -0.25) is 14.3 Å². The van der Waals surface area contributed by atoms with Crippen LogP contribution in [0.5, 0.6) is 0 Å². The number of fused-ring (bicyclic) bond motifs is 2. The van der Waals surface area contributed by atoms with Gasteiger partial charge in [-0.05, 0) is 46.2 Å². The largest absolute Gasteiger partial charge is 0.379 e. The van der Waals surface area contributed by atoms with Crippen molar-refractivity contribution in [1.82, 2.24) is 29.4 Å². The summed E-state index contributed by atoms with van der Waals surface area (Å²) in [7, 11) is 1.96. The Morgan fingerprint density at radius 1 is 1.12 bits per heavy atom. The SMILES string of the molecule is Cc1cc(N2CCc3c(c(C)nn3CCCCCN3CCOC[C@@H]3C)C2)c2cnn(C)c2n1. The van der Waals surface area contributed by atoms with Crippen LogP contribution in [0.15, 0.2) is 12.3 Å². The molecule has 0 spiro atoms. The molecule has 0 aromatic carbocycles. The summed E-state index contributed by atoms with van der Waals surface area (Å²) in [5.74, 6) is 0. The lowest BCUT2D eigenvalue weighted by Crippen LogP contribution is -2.43. The van der Waals surface area contributed by atoms with E-state index in [1.54, 1.807) is 0 Å². The summed E-state index contributed by atoms with van der Waals surface area (Å²) in [4.78, 5) is 9.73. The lowest BCUT2D eigenvalue weighted by Gasteiger charge is -2.33. The van der Waals surface area contributed by atoms with Crippen LogP contribution < -0.4 is 4.90 Å². The lowest BCUT2D eigenvalue weighted by atomic mass is 10.0. The highest BCUT2D eigenvalue weighted by atomic mass is 16.5. The van der Waals surface area contributed by atoms with Gasteiger partial charge in [0.25, 0.3) is 0 Å². The van der Waals surface area contributed by atoms with E-state index in [-0.39, 0.29) is 0 Å². The third kappa shape index (κ3) is 4.51. The normalized spacial score (nSPS) is 19.4. The molecule has 0 radical (unpaired) electrons. The number of unbranched alkanes of at least 4 members (excludes halogenated alkanes) is 2. The zero-order valence-electron chi connectivity index (χ0n) is 20.5. The number of aromatic nitrogens is 5. The van der Waals surface area contributed by atoms with Crippen molar-refractivity contribution in [3.8, 4) is 0 Å². The molecule has 0 aliphatic carbocycles. The van der Waals surface area contributed by atoms with Crippen molar-refractivity contribution < 1.29 is 4.74 Å². The van der Waals surface area contributed by atoms with Gasteiger partial charge in [-0.25, -0.2) is 4.98 Å². The van der Waals surface area contributed by atoms with Crippen LogP contribution in [-0.4, -0.2) is 68.3 Å². The number of hydrogen-bond donors (Lipinski definition) is 0. The minimum atomic E-state index is 0.555. The van der Waals surface area contributed by atoms with Crippen LogP contribution in [0.2, 0.25) is 0 Å². The summed E-state index contributed by atoms with van der Waals surface area (Å²) in [6.07, 6.45) is 6.67. The lowest BCUT2D eigenvalue weighted by molar-refractivity contribution is -0.000938. The summed E-state index contributed by atoms with van der Waals surface area (Å²) >= 11 is 0. The van der Waals surface area contributed by atoms with Crippen molar-refractivity contribution in [1.29, 1.82) is 0 Å². The first-order valence-corrected chi connectivity index (χ1v) is 12.4. The van der Waals surface area contributed by atoms with E-state index in [4.69, 9.17) is 9.84 Å². The smallest absolute Gasteiger partial charge is 0.159 e. The van der Waals surface area contributed by atoms with Gasteiger partial charge in [0.1, 0.15) is 0 Å². The molecular weight excluding hydrogens is 414 g/mol. The molecule has 178 valence electrons. The number of rotatable bonds is 7. The van der Waals surface area contributed by atoms with Gasteiger partial charge in [0.15, 0.2) is 5.65 Å². The third-order valence-corrected chi connectivity index (χ3v) is 7.31. The molecular formula is C25H37N7O. The Morgan fingerprint density at radius 3 is 2.82 bits per heavy atom. The van der Waals surface area contributed by atoms with Crippen LogP contribution in [0.1, 0.15) is 48.8 Å². The Bertz CT molecular complexity index is 1120. The molecule has 8 nitrogen and oxygen atoms in total. The van der Waals surface area contributed by atoms with Crippen LogP contribution in [0.25, 0.3) is 11.0 Å². The summed E-state index contributed by atoms with van der Waals surface area (Å²) < 4.78 is 9.71. The topological polar surface area (TPSA) is 64.2 Å². The predicted molar refractivity (Wildman–Crippen MR) is 131 cm³/mol. The standard InChI is InChI=1S/C25H37N7O/c1-18-14-24(21-15-26-29(4)25(21)27-18)31-11-8-23-22(16-31)20(3)28-32(23)10-7-5-6-9-30-12-13-33-17-19(30)2/h14-15,19H,5-13,16-17H2,1-4H3/t19-/m0/s1. The van der Waals surface area contributed by atoms with Crippen LogP contribution >= 0.6 is 0 Å². The Balaban J connectivity index is 1.22. The molecule has 0 unspecified atom stereocenters. The van der Waals surface area contributed by atoms with Crippen LogP contribution in [0, 0.1) is 13.8 Å². The molecule has 5 rings (SSSR count). The Morgan fingerprint density at radius 2 is 1.97 bits per heavy atom. The monoisotopic (exact) mass is 451 g/mol. The second-order valence-corrected chi connectivity index (χ2v) is 9.71. The summed E-state index contributed by atoms with van der Waals surface area (Å²) in [5, 5.41) is 10.5. The Hall–Kier alpha value is -2.45. The maximum Gasteiger partial charge on any atom is 0.159 e. The molecule has 8 heteroatoms. The highest BCUT2D eigenvalue weighted by Crippen LogP contribution is 2.32. The first kappa shape index (κ1) is 22.3. The molecule has 3 aromatic rings. The van der Waals surface area contributed by atoms with Gasteiger partial charge < -0.3 is 9.64 Å². The molecule has 1 atom stereocenters. The number of pyridine rings is 1. The number of hydrogen-bond acceptors (Lipinski definition) is 6. The zero-order chi connectivity index (χ0) is 22.9. The minimum absolute atomic E-state index is 0.555. The summed E-state index contributed by atoms with van der Waals surface area (Å²) in [5.41, 5.74) is 7.22. The van der Waals surface area contributed by atoms with Gasteiger partial charge in [-0.1, -0.05) is 6.42 Å². The quantitative estimate of drug-likeness (QED) is 0.514. The average Bonchev–Trinajstić information content (AvgIpc) is 3.33. The third-order valence-electron chi connectivity index (χ3n) is 7.31. The highest BCUT2D eigenvalue weighted by molar-refractivity contribution is 5.89. The maximum atomic E-state index is 5.55. The van der Waals surface area contributed by atoms with E-state index >= 15 is 0 Å². The number of aryl methyl sites for hydroxylation is 4. The van der Waals surface area contributed by atoms with E-state index in [0.717, 1.165) is 62.5 Å². The molecule has 0 saturated carbocycles. The van der Waals surface area contributed by atoms with Crippen molar-refractivity contribution >= 4 is 16.7 Å². The van der Waals surface area contributed by atoms with Crippen molar-refractivity contribution in [2.24, 2.45) is 7.05 Å². The fourth-order valence-corrected chi connectivity index (χ4v) is 5.38. The number of anilines is 1. The van der Waals surface area contributed by atoms with E-state index in [0.29, 0.717) is 6.04 Å². The summed E-state index contributed by atoms with van der Waals surface area (Å²) in [6, 6.07) is 2.75. The van der Waals surface area contributed by atoms with Crippen molar-refractivity contribution in [2.45, 2.75) is 65.6 Å².